The molecule has 0 bridgehead atoms. The van der Waals surface area contributed by atoms with Gasteiger partial charge in [-0.25, -0.2) is 0 Å². The minimum atomic E-state index is -1.36. The predicted molar refractivity (Wildman–Crippen MR) is 162 cm³/mol. The van der Waals surface area contributed by atoms with Crippen molar-refractivity contribution < 1.29 is 93.6 Å². The predicted octanol–water partition coefficient (Wildman–Crippen LogP) is -1.22. The van der Waals surface area contributed by atoms with Crippen molar-refractivity contribution in [2.75, 3.05) is 0 Å². The summed E-state index contributed by atoms with van der Waals surface area (Å²) in [6.07, 6.45) is 0. The Morgan fingerprint density at radius 2 is 0.412 bits per heavy atom. The van der Waals surface area contributed by atoms with Gasteiger partial charge in [0.25, 0.3) is 0 Å². The maximum absolute atomic E-state index is 10.2. The molecule has 0 aromatic heterocycles. The maximum atomic E-state index is 10.2. The first-order chi connectivity index (χ1) is 23.6. The Morgan fingerprint density at radius 1 is 0.294 bits per heavy atom. The number of carbonyl (C=O) groups is 5. The number of aromatic carboxylic acids is 5. The normalized spacial score (nSPS) is 9.02. The summed E-state index contributed by atoms with van der Waals surface area (Å²) in [5.74, 6) is -8.12. The summed E-state index contributed by atoms with van der Waals surface area (Å²) in [5.41, 5.74) is -0.891. The van der Waals surface area contributed by atoms with Crippen LogP contribution in [0.2, 0.25) is 0 Å². The fraction of sp³-hybridized carbons (Fsp3) is 0. The van der Waals surface area contributed by atoms with E-state index in [1.165, 1.54) is 91.0 Å². The number of para-hydroxylation sites is 5. The van der Waals surface area contributed by atoms with Crippen LogP contribution >= 0.6 is 0 Å². The molecule has 0 spiro atoms. The van der Waals surface area contributed by atoms with Crippen LogP contribution in [-0.4, -0.2) is 55.4 Å². The molecule has 0 atom stereocenters. The maximum Gasteiger partial charge on any atom is 5.00 e. The van der Waals surface area contributed by atoms with Crippen LogP contribution in [0.3, 0.4) is 0 Å². The molecule has 0 fully saturated rings. The van der Waals surface area contributed by atoms with Crippen molar-refractivity contribution in [3.8, 4) is 28.7 Å². The molecule has 0 saturated heterocycles. The second-order valence-electron chi connectivity index (χ2n) is 9.02. The Labute approximate surface area is 300 Å². The average molecular weight is 737 g/mol. The Bertz CT molecular complexity index is 1600. The van der Waals surface area contributed by atoms with Crippen LogP contribution in [0.25, 0.3) is 0 Å². The van der Waals surface area contributed by atoms with Crippen molar-refractivity contribution in [2.24, 2.45) is 0 Å². The summed E-state index contributed by atoms with van der Waals surface area (Å²) in [5, 5.41) is 95.1. The van der Waals surface area contributed by atoms with Gasteiger partial charge in [-0.3, -0.25) is 0 Å². The van der Waals surface area contributed by atoms with Crippen LogP contribution in [0.5, 0.6) is 28.7 Å². The summed E-state index contributed by atoms with van der Waals surface area (Å²) in [7, 11) is 0. The number of rotatable bonds is 5. The van der Waals surface area contributed by atoms with Gasteiger partial charge in [0.1, 0.15) is 28.7 Å². The van der Waals surface area contributed by atoms with E-state index in [0.29, 0.717) is 0 Å². The molecule has 16 heteroatoms. The van der Waals surface area contributed by atoms with Crippen LogP contribution in [0.15, 0.2) is 121 Å². The molecule has 15 nitrogen and oxygen atoms in total. The largest absolute Gasteiger partial charge is 5.00 e. The van der Waals surface area contributed by atoms with Crippen molar-refractivity contribution in [2.45, 2.75) is 0 Å². The molecule has 0 radical (unpaired) electrons. The number of carboxylic acid groups (broad SMARTS) is 5. The van der Waals surface area contributed by atoms with Gasteiger partial charge < -0.3 is 75.0 Å². The van der Waals surface area contributed by atoms with Crippen molar-refractivity contribution >= 4 is 29.8 Å². The standard InChI is InChI=1S/5C7H6O3.V/c5*8-6-4-2-1-3-5(6)7(9)10;/h5*1-4,8H,(H,9,10);/q;;;;;+5/p-5. The second kappa shape index (κ2) is 22.6. The molecule has 51 heavy (non-hydrogen) atoms. The first-order valence-electron chi connectivity index (χ1n) is 13.5. The van der Waals surface area contributed by atoms with E-state index in [1.807, 2.05) is 0 Å². The fourth-order valence-electron chi connectivity index (χ4n) is 3.23. The Morgan fingerprint density at radius 3 is 0.490 bits per heavy atom. The fourth-order valence-corrected chi connectivity index (χ4v) is 3.23. The molecule has 0 amide bonds. The zero-order chi connectivity index (χ0) is 37.8. The zero-order valence-electron chi connectivity index (χ0n) is 25.8. The van der Waals surface area contributed by atoms with Gasteiger partial charge in [-0.05, 0) is 60.7 Å². The van der Waals surface area contributed by atoms with Gasteiger partial charge in [0.05, 0.1) is 29.8 Å². The van der Waals surface area contributed by atoms with E-state index in [9.17, 15) is 49.5 Å². The summed E-state index contributed by atoms with van der Waals surface area (Å²) in [6, 6.07) is 28.2. The number of hydrogen-bond donors (Lipinski definition) is 5. The number of carbonyl (C=O) groups excluding carboxylic acids is 5. The average Bonchev–Trinajstić information content (AvgIpc) is 3.06. The van der Waals surface area contributed by atoms with E-state index in [-0.39, 0.29) is 75.1 Å². The molecule has 0 unspecified atom stereocenters. The van der Waals surface area contributed by atoms with Gasteiger partial charge in [-0.2, -0.15) is 0 Å². The van der Waals surface area contributed by atoms with Crippen LogP contribution in [0.1, 0.15) is 51.8 Å². The van der Waals surface area contributed by atoms with Gasteiger partial charge in [0, 0.05) is 27.8 Å². The topological polar surface area (TPSA) is 302 Å². The molecule has 5 rings (SSSR count). The monoisotopic (exact) mass is 736 g/mol. The first kappa shape index (κ1) is 44.0. The Balaban J connectivity index is 0.000000610. The van der Waals surface area contributed by atoms with Gasteiger partial charge in [0.15, 0.2) is 0 Å². The van der Waals surface area contributed by atoms with E-state index in [2.05, 4.69) is 0 Å². The third kappa shape index (κ3) is 15.7. The van der Waals surface area contributed by atoms with E-state index in [1.54, 1.807) is 30.3 Å². The van der Waals surface area contributed by atoms with E-state index in [4.69, 9.17) is 25.5 Å². The summed E-state index contributed by atoms with van der Waals surface area (Å²) in [4.78, 5) is 50.8. The second-order valence-corrected chi connectivity index (χ2v) is 9.02. The molecule has 5 N–H and O–H groups in total. The zero-order valence-corrected chi connectivity index (χ0v) is 27.2. The minimum Gasteiger partial charge on any atom is -0.545 e. The third-order valence-corrected chi connectivity index (χ3v) is 5.62. The number of phenols is 5. The van der Waals surface area contributed by atoms with Gasteiger partial charge in [-0.1, -0.05) is 60.7 Å². The van der Waals surface area contributed by atoms with Crippen molar-refractivity contribution in [1.29, 1.82) is 0 Å². The summed E-state index contributed by atoms with van der Waals surface area (Å²) in [6.45, 7) is 0. The molecular formula is C35H25O15V. The molecule has 5 aromatic carbocycles. The third-order valence-electron chi connectivity index (χ3n) is 5.62. The molecule has 260 valence electrons. The van der Waals surface area contributed by atoms with Gasteiger partial charge >= 0.3 is 18.6 Å². The van der Waals surface area contributed by atoms with Gasteiger partial charge in [0.2, 0.25) is 0 Å². The van der Waals surface area contributed by atoms with E-state index in [0.717, 1.165) is 0 Å². The molecule has 0 saturated carbocycles. The minimum absolute atomic E-state index is 0. The van der Waals surface area contributed by atoms with E-state index < -0.39 is 29.8 Å². The van der Waals surface area contributed by atoms with Crippen LogP contribution in [0, 0.1) is 0 Å². The Kier molecular flexibility index (Phi) is 19.5. The molecular weight excluding hydrogens is 711 g/mol. The van der Waals surface area contributed by atoms with Crippen molar-refractivity contribution in [3.05, 3.63) is 149 Å². The molecule has 0 aliphatic rings. The number of aromatic hydroxyl groups is 5. The van der Waals surface area contributed by atoms with Gasteiger partial charge in [-0.15, -0.1) is 0 Å². The van der Waals surface area contributed by atoms with Crippen LogP contribution in [-0.2, 0) is 18.6 Å². The van der Waals surface area contributed by atoms with E-state index >= 15 is 0 Å². The quantitative estimate of drug-likeness (QED) is 0.141. The van der Waals surface area contributed by atoms with Crippen molar-refractivity contribution in [1.82, 2.24) is 0 Å². The smallest absolute Gasteiger partial charge is 0.545 e. The summed E-state index contributed by atoms with van der Waals surface area (Å²) < 4.78 is 0. The molecule has 0 heterocycles. The summed E-state index contributed by atoms with van der Waals surface area (Å²) >= 11 is 0. The van der Waals surface area contributed by atoms with Crippen LogP contribution < -0.4 is 25.5 Å². The molecule has 5 aromatic rings. The molecule has 0 aliphatic heterocycles. The number of hydrogen-bond acceptors (Lipinski definition) is 15. The van der Waals surface area contributed by atoms with Crippen LogP contribution in [0.4, 0.5) is 0 Å². The SMILES string of the molecule is O=C([O-])c1ccccc1O.O=C([O-])c1ccccc1O.O=C([O-])c1ccccc1O.O=C([O-])c1ccccc1O.O=C([O-])c1ccccc1O.[V+5]. The number of benzene rings is 5. The van der Waals surface area contributed by atoms with Crippen molar-refractivity contribution in [3.63, 3.8) is 0 Å². The first-order valence-corrected chi connectivity index (χ1v) is 13.5. The molecule has 0 aliphatic carbocycles. The number of carboxylic acids is 5. The Hall–Kier alpha value is -6.97.